The summed E-state index contributed by atoms with van der Waals surface area (Å²) in [5, 5.41) is 5.49. The van der Waals surface area contributed by atoms with Crippen molar-refractivity contribution in [2.45, 2.75) is 13.3 Å². The number of hydrogen-bond acceptors (Lipinski definition) is 5. The van der Waals surface area contributed by atoms with Crippen LogP contribution in [0.3, 0.4) is 0 Å². The first-order valence-corrected chi connectivity index (χ1v) is 9.54. The Morgan fingerprint density at radius 3 is 2.46 bits per heavy atom. The van der Waals surface area contributed by atoms with Crippen molar-refractivity contribution in [1.82, 2.24) is 15.0 Å². The van der Waals surface area contributed by atoms with E-state index in [2.05, 4.69) is 22.2 Å². The molecule has 0 fully saturated rings. The minimum Gasteiger partial charge on any atom is -0.338 e. The van der Waals surface area contributed by atoms with Gasteiger partial charge in [0.25, 0.3) is 0 Å². The van der Waals surface area contributed by atoms with Gasteiger partial charge >= 0.3 is 0 Å². The van der Waals surface area contributed by atoms with Crippen molar-refractivity contribution in [1.29, 1.82) is 0 Å². The van der Waals surface area contributed by atoms with Crippen molar-refractivity contribution in [3.63, 3.8) is 0 Å². The fourth-order valence-corrected chi connectivity index (χ4v) is 4.04. The molecule has 7 heteroatoms. The van der Waals surface area contributed by atoms with E-state index in [0.717, 1.165) is 26.6 Å². The van der Waals surface area contributed by atoms with Crippen molar-refractivity contribution in [3.05, 3.63) is 75.0 Å². The van der Waals surface area contributed by atoms with Crippen LogP contribution in [0, 0.1) is 6.92 Å². The molecule has 0 aliphatic carbocycles. The third-order valence-electron chi connectivity index (χ3n) is 3.94. The first-order chi connectivity index (χ1) is 12.6. The van der Waals surface area contributed by atoms with Crippen molar-refractivity contribution in [2.24, 2.45) is 0 Å². The van der Waals surface area contributed by atoms with Gasteiger partial charge in [0.15, 0.2) is 5.82 Å². The highest BCUT2D eigenvalue weighted by molar-refractivity contribution is 7.18. The summed E-state index contributed by atoms with van der Waals surface area (Å²) in [6.07, 6.45) is 2.10. The molecule has 130 valence electrons. The molecule has 0 atom stereocenters. The molecule has 4 rings (SSSR count). The molecule has 0 aliphatic rings. The third kappa shape index (κ3) is 3.51. The van der Waals surface area contributed by atoms with E-state index in [9.17, 15) is 0 Å². The number of rotatable bonds is 4. The zero-order chi connectivity index (χ0) is 18.1. The number of halogens is 2. The maximum absolute atomic E-state index is 6.28. The first kappa shape index (κ1) is 17.2. The maximum atomic E-state index is 6.28. The van der Waals surface area contributed by atoms with Gasteiger partial charge in [-0.25, -0.2) is 15.0 Å². The lowest BCUT2D eigenvalue weighted by Gasteiger charge is -2.06. The Hall–Kier alpha value is -2.21. The SMILES string of the molecule is Cc1ccc(Nc2ncnc3sc(Cc4c(Cl)cccc4Cl)nc23)cc1. The summed E-state index contributed by atoms with van der Waals surface area (Å²) < 4.78 is 0. The maximum Gasteiger partial charge on any atom is 0.161 e. The van der Waals surface area contributed by atoms with Gasteiger partial charge in [-0.15, -0.1) is 0 Å². The molecule has 26 heavy (non-hydrogen) atoms. The number of aromatic nitrogens is 3. The number of nitrogens with one attached hydrogen (secondary N) is 1. The lowest BCUT2D eigenvalue weighted by atomic mass is 10.1. The quantitative estimate of drug-likeness (QED) is 0.453. The van der Waals surface area contributed by atoms with Crippen LogP contribution in [-0.2, 0) is 6.42 Å². The van der Waals surface area contributed by atoms with Crippen LogP contribution in [0.5, 0.6) is 0 Å². The van der Waals surface area contributed by atoms with Gasteiger partial charge in [-0.3, -0.25) is 0 Å². The molecule has 2 heterocycles. The standard InChI is InChI=1S/C19H14Cl2N4S/c1-11-5-7-12(8-6-11)24-18-17-19(23-10-22-18)26-16(25-17)9-13-14(20)3-2-4-15(13)21/h2-8,10H,9H2,1H3,(H,22,23,24). The van der Waals surface area contributed by atoms with Crippen molar-refractivity contribution < 1.29 is 0 Å². The van der Waals surface area contributed by atoms with Crippen LogP contribution in [-0.4, -0.2) is 15.0 Å². The molecular formula is C19H14Cl2N4S. The molecule has 0 saturated carbocycles. The van der Waals surface area contributed by atoms with Crippen LogP contribution in [0.2, 0.25) is 10.0 Å². The van der Waals surface area contributed by atoms with Crippen LogP contribution >= 0.6 is 34.5 Å². The highest BCUT2D eigenvalue weighted by atomic mass is 35.5. The van der Waals surface area contributed by atoms with E-state index < -0.39 is 0 Å². The average molecular weight is 401 g/mol. The van der Waals surface area contributed by atoms with Crippen LogP contribution in [0.15, 0.2) is 48.8 Å². The zero-order valence-corrected chi connectivity index (χ0v) is 16.2. The number of fused-ring (bicyclic) bond motifs is 1. The normalized spacial score (nSPS) is 11.0. The van der Waals surface area contributed by atoms with Gasteiger partial charge in [0, 0.05) is 22.2 Å². The summed E-state index contributed by atoms with van der Waals surface area (Å²) in [6, 6.07) is 13.6. The smallest absolute Gasteiger partial charge is 0.161 e. The first-order valence-electron chi connectivity index (χ1n) is 7.97. The topological polar surface area (TPSA) is 50.7 Å². The van der Waals surface area contributed by atoms with Gasteiger partial charge in [-0.1, -0.05) is 58.3 Å². The molecule has 4 aromatic rings. The average Bonchev–Trinajstić information content (AvgIpc) is 3.04. The van der Waals surface area contributed by atoms with Crippen molar-refractivity contribution in [2.75, 3.05) is 5.32 Å². The Morgan fingerprint density at radius 2 is 1.73 bits per heavy atom. The van der Waals surface area contributed by atoms with E-state index in [0.29, 0.717) is 22.3 Å². The molecular weight excluding hydrogens is 387 g/mol. The monoisotopic (exact) mass is 400 g/mol. The van der Waals surface area contributed by atoms with Crippen LogP contribution in [0.25, 0.3) is 10.3 Å². The predicted molar refractivity (Wildman–Crippen MR) is 109 cm³/mol. The van der Waals surface area contributed by atoms with Crippen molar-refractivity contribution in [3.8, 4) is 0 Å². The number of anilines is 2. The van der Waals surface area contributed by atoms with E-state index in [-0.39, 0.29) is 0 Å². The molecule has 2 aromatic carbocycles. The van der Waals surface area contributed by atoms with E-state index in [4.69, 9.17) is 28.2 Å². The molecule has 0 aliphatic heterocycles. The molecule has 0 radical (unpaired) electrons. The fourth-order valence-electron chi connectivity index (χ4n) is 2.59. The Labute approximate surface area is 164 Å². The van der Waals surface area contributed by atoms with E-state index in [1.807, 2.05) is 42.5 Å². The molecule has 0 bridgehead atoms. The minimum absolute atomic E-state index is 0.559. The minimum atomic E-state index is 0.559. The lowest BCUT2D eigenvalue weighted by molar-refractivity contribution is 1.14. The molecule has 1 N–H and O–H groups in total. The molecule has 0 unspecified atom stereocenters. The van der Waals surface area contributed by atoms with Gasteiger partial charge < -0.3 is 5.32 Å². The van der Waals surface area contributed by atoms with Gasteiger partial charge in [-0.05, 0) is 36.8 Å². The van der Waals surface area contributed by atoms with Crippen LogP contribution < -0.4 is 5.32 Å². The lowest BCUT2D eigenvalue weighted by Crippen LogP contribution is -1.96. The van der Waals surface area contributed by atoms with Gasteiger partial charge in [-0.2, -0.15) is 0 Å². The largest absolute Gasteiger partial charge is 0.338 e. The van der Waals surface area contributed by atoms with Gasteiger partial charge in [0.1, 0.15) is 21.7 Å². The second-order valence-corrected chi connectivity index (χ2v) is 7.73. The van der Waals surface area contributed by atoms with E-state index in [1.165, 1.54) is 16.9 Å². The zero-order valence-electron chi connectivity index (χ0n) is 13.8. The van der Waals surface area contributed by atoms with Crippen molar-refractivity contribution >= 4 is 56.4 Å². The molecule has 4 nitrogen and oxygen atoms in total. The third-order valence-corrected chi connectivity index (χ3v) is 5.62. The Bertz CT molecular complexity index is 1060. The molecule has 0 amide bonds. The number of benzene rings is 2. The summed E-state index contributed by atoms with van der Waals surface area (Å²) in [6.45, 7) is 2.05. The summed E-state index contributed by atoms with van der Waals surface area (Å²) in [5.74, 6) is 0.687. The molecule has 2 aromatic heterocycles. The Kier molecular flexibility index (Phi) is 4.76. The highest BCUT2D eigenvalue weighted by Crippen LogP contribution is 2.31. The molecule has 0 saturated heterocycles. The fraction of sp³-hybridized carbons (Fsp3) is 0.105. The second kappa shape index (κ2) is 7.19. The van der Waals surface area contributed by atoms with E-state index in [1.54, 1.807) is 6.33 Å². The highest BCUT2D eigenvalue weighted by Gasteiger charge is 2.14. The number of thiazole rings is 1. The van der Waals surface area contributed by atoms with Crippen LogP contribution in [0.4, 0.5) is 11.5 Å². The predicted octanol–water partition coefficient (Wildman–Crippen LogP) is 6.04. The summed E-state index contributed by atoms with van der Waals surface area (Å²) in [4.78, 5) is 14.2. The Balaban J connectivity index is 1.68. The Morgan fingerprint density at radius 1 is 1.00 bits per heavy atom. The van der Waals surface area contributed by atoms with E-state index >= 15 is 0 Å². The number of aryl methyl sites for hydroxylation is 1. The molecule has 0 spiro atoms. The van der Waals surface area contributed by atoms with Gasteiger partial charge in [0.2, 0.25) is 0 Å². The second-order valence-electron chi connectivity index (χ2n) is 5.85. The summed E-state index contributed by atoms with van der Waals surface area (Å²) in [5.41, 5.74) is 3.78. The summed E-state index contributed by atoms with van der Waals surface area (Å²) >= 11 is 14.1. The van der Waals surface area contributed by atoms with Gasteiger partial charge in [0.05, 0.1) is 0 Å². The number of hydrogen-bond donors (Lipinski definition) is 1. The van der Waals surface area contributed by atoms with Crippen LogP contribution in [0.1, 0.15) is 16.1 Å². The number of nitrogens with zero attached hydrogens (tertiary/aromatic N) is 3. The summed E-state index contributed by atoms with van der Waals surface area (Å²) in [7, 11) is 0.